The third-order valence-electron chi connectivity index (χ3n) is 3.30. The van der Waals surface area contributed by atoms with Gasteiger partial charge in [0.1, 0.15) is 5.01 Å². The summed E-state index contributed by atoms with van der Waals surface area (Å²) in [5, 5.41) is 12.5. The molecule has 20 heavy (non-hydrogen) atoms. The van der Waals surface area contributed by atoms with E-state index in [0.29, 0.717) is 23.6 Å². The number of amides is 1. The Bertz CT molecular complexity index is 483. The molecule has 0 fully saturated rings. The topological polar surface area (TPSA) is 58.1 Å². The third kappa shape index (κ3) is 3.86. The molecular weight excluding hydrogens is 272 g/mol. The Morgan fingerprint density at radius 2 is 2.35 bits per heavy atom. The molecule has 1 amide bonds. The van der Waals surface area contributed by atoms with Crippen molar-refractivity contribution in [3.63, 3.8) is 0 Å². The van der Waals surface area contributed by atoms with Crippen LogP contribution in [-0.4, -0.2) is 40.1 Å². The Kier molecular flexibility index (Phi) is 5.25. The lowest BCUT2D eigenvalue weighted by Gasteiger charge is -2.26. The van der Waals surface area contributed by atoms with E-state index < -0.39 is 0 Å². The zero-order valence-electron chi connectivity index (χ0n) is 12.3. The van der Waals surface area contributed by atoms with Crippen LogP contribution >= 0.6 is 11.3 Å². The Morgan fingerprint density at radius 1 is 1.55 bits per heavy atom. The molecule has 1 atom stereocenters. The van der Waals surface area contributed by atoms with Crippen molar-refractivity contribution in [1.29, 1.82) is 0 Å². The van der Waals surface area contributed by atoms with Gasteiger partial charge in [-0.1, -0.05) is 44.3 Å². The first-order valence-electron chi connectivity index (χ1n) is 7.13. The van der Waals surface area contributed by atoms with Crippen molar-refractivity contribution in [2.75, 3.05) is 18.4 Å². The van der Waals surface area contributed by atoms with Crippen molar-refractivity contribution in [3.05, 3.63) is 17.2 Å². The van der Waals surface area contributed by atoms with E-state index >= 15 is 0 Å². The summed E-state index contributed by atoms with van der Waals surface area (Å²) >= 11 is 1.46. The number of hydrogen-bond donors (Lipinski definition) is 1. The highest BCUT2D eigenvalue weighted by Crippen LogP contribution is 2.19. The SMILES string of the molecule is CCCc1nnc(NC(=O)CN2CC=CC2C(C)C)s1. The first-order valence-corrected chi connectivity index (χ1v) is 7.94. The van der Waals surface area contributed by atoms with Crippen molar-refractivity contribution in [1.82, 2.24) is 15.1 Å². The Hall–Kier alpha value is -1.27. The molecule has 110 valence electrons. The number of aryl methyl sites for hydroxylation is 1. The van der Waals surface area contributed by atoms with E-state index in [4.69, 9.17) is 0 Å². The second kappa shape index (κ2) is 6.95. The maximum Gasteiger partial charge on any atom is 0.240 e. The molecule has 1 unspecified atom stereocenters. The Labute approximate surface area is 124 Å². The maximum absolute atomic E-state index is 12.1. The number of nitrogens with zero attached hydrogens (tertiary/aromatic N) is 3. The highest BCUT2D eigenvalue weighted by molar-refractivity contribution is 7.15. The largest absolute Gasteiger partial charge is 0.299 e. The average Bonchev–Trinajstić information content (AvgIpc) is 2.99. The third-order valence-corrected chi connectivity index (χ3v) is 4.20. The van der Waals surface area contributed by atoms with Crippen LogP contribution in [0.3, 0.4) is 0 Å². The van der Waals surface area contributed by atoms with Crippen LogP contribution in [0.4, 0.5) is 5.13 Å². The molecule has 2 rings (SSSR count). The minimum Gasteiger partial charge on any atom is -0.299 e. The first-order chi connectivity index (χ1) is 9.60. The van der Waals surface area contributed by atoms with Gasteiger partial charge in [0.05, 0.1) is 6.54 Å². The molecule has 1 aromatic heterocycles. The summed E-state index contributed by atoms with van der Waals surface area (Å²) in [6.07, 6.45) is 6.27. The second-order valence-corrected chi connectivity index (χ2v) is 6.45. The van der Waals surface area contributed by atoms with E-state index in [0.717, 1.165) is 24.4 Å². The molecule has 0 aromatic carbocycles. The Balaban J connectivity index is 1.85. The number of carbonyl (C=O) groups is 1. The van der Waals surface area contributed by atoms with Crippen LogP contribution in [0, 0.1) is 5.92 Å². The summed E-state index contributed by atoms with van der Waals surface area (Å²) < 4.78 is 0. The maximum atomic E-state index is 12.1. The molecule has 5 nitrogen and oxygen atoms in total. The summed E-state index contributed by atoms with van der Waals surface area (Å²) in [7, 11) is 0. The van der Waals surface area contributed by atoms with Gasteiger partial charge in [0.15, 0.2) is 0 Å². The van der Waals surface area contributed by atoms with Gasteiger partial charge in [0.25, 0.3) is 0 Å². The van der Waals surface area contributed by atoms with Gasteiger partial charge in [0, 0.05) is 19.0 Å². The number of anilines is 1. The van der Waals surface area contributed by atoms with Crippen LogP contribution in [0.25, 0.3) is 0 Å². The molecule has 0 saturated carbocycles. The first kappa shape index (κ1) is 15.1. The molecule has 2 heterocycles. The van der Waals surface area contributed by atoms with E-state index in [1.54, 1.807) is 0 Å². The van der Waals surface area contributed by atoms with Crippen LogP contribution in [0.1, 0.15) is 32.2 Å². The second-order valence-electron chi connectivity index (χ2n) is 5.39. The lowest BCUT2D eigenvalue weighted by molar-refractivity contribution is -0.117. The fraction of sp³-hybridized carbons (Fsp3) is 0.643. The summed E-state index contributed by atoms with van der Waals surface area (Å²) in [5.74, 6) is 0.498. The molecule has 0 bridgehead atoms. The number of hydrogen-bond acceptors (Lipinski definition) is 5. The van der Waals surface area contributed by atoms with Gasteiger partial charge in [-0.25, -0.2) is 0 Å². The van der Waals surface area contributed by atoms with Crippen molar-refractivity contribution in [2.45, 2.75) is 39.7 Å². The normalized spacial score (nSPS) is 18.9. The lowest BCUT2D eigenvalue weighted by atomic mass is 10.0. The highest BCUT2D eigenvalue weighted by Gasteiger charge is 2.24. The quantitative estimate of drug-likeness (QED) is 0.818. The van der Waals surface area contributed by atoms with E-state index in [9.17, 15) is 4.79 Å². The summed E-state index contributed by atoms with van der Waals surface area (Å²) in [6.45, 7) is 7.69. The van der Waals surface area contributed by atoms with Crippen LogP contribution in [0.2, 0.25) is 0 Å². The van der Waals surface area contributed by atoms with Gasteiger partial charge in [-0.2, -0.15) is 0 Å². The predicted octanol–water partition coefficient (Wildman–Crippen LogP) is 2.33. The average molecular weight is 294 g/mol. The zero-order chi connectivity index (χ0) is 14.5. The summed E-state index contributed by atoms with van der Waals surface area (Å²) in [6, 6.07) is 0.353. The van der Waals surface area contributed by atoms with E-state index in [2.05, 4.69) is 53.3 Å². The van der Waals surface area contributed by atoms with Crippen LogP contribution in [0.5, 0.6) is 0 Å². The fourth-order valence-electron chi connectivity index (χ4n) is 2.36. The van der Waals surface area contributed by atoms with Crippen molar-refractivity contribution in [2.24, 2.45) is 5.92 Å². The van der Waals surface area contributed by atoms with Gasteiger partial charge in [0.2, 0.25) is 11.0 Å². The predicted molar refractivity (Wildman–Crippen MR) is 81.9 cm³/mol. The smallest absolute Gasteiger partial charge is 0.240 e. The number of carbonyl (C=O) groups excluding carboxylic acids is 1. The zero-order valence-corrected chi connectivity index (χ0v) is 13.1. The molecule has 0 aliphatic carbocycles. The van der Waals surface area contributed by atoms with Crippen LogP contribution < -0.4 is 5.32 Å². The number of aromatic nitrogens is 2. The number of rotatable bonds is 6. The molecule has 0 spiro atoms. The van der Waals surface area contributed by atoms with E-state index in [-0.39, 0.29) is 5.91 Å². The lowest BCUT2D eigenvalue weighted by Crippen LogP contribution is -2.39. The molecule has 1 aromatic rings. The molecule has 0 saturated heterocycles. The molecule has 1 aliphatic heterocycles. The molecule has 1 aliphatic rings. The van der Waals surface area contributed by atoms with Crippen molar-refractivity contribution in [3.8, 4) is 0 Å². The fourth-order valence-corrected chi connectivity index (χ4v) is 3.21. The van der Waals surface area contributed by atoms with Gasteiger partial charge in [-0.3, -0.25) is 15.0 Å². The molecule has 6 heteroatoms. The highest BCUT2D eigenvalue weighted by atomic mass is 32.1. The van der Waals surface area contributed by atoms with Gasteiger partial charge in [-0.15, -0.1) is 10.2 Å². The van der Waals surface area contributed by atoms with Gasteiger partial charge < -0.3 is 0 Å². The van der Waals surface area contributed by atoms with Gasteiger partial charge >= 0.3 is 0 Å². The minimum atomic E-state index is -0.0152. The van der Waals surface area contributed by atoms with Crippen LogP contribution in [0.15, 0.2) is 12.2 Å². The number of nitrogens with one attached hydrogen (secondary N) is 1. The minimum absolute atomic E-state index is 0.0152. The summed E-state index contributed by atoms with van der Waals surface area (Å²) in [5.41, 5.74) is 0. The Morgan fingerprint density at radius 3 is 3.05 bits per heavy atom. The standard InChI is InChI=1S/C14H22N4OS/c1-4-6-13-16-17-14(20-13)15-12(19)9-18-8-5-7-11(18)10(2)3/h5,7,10-11H,4,6,8-9H2,1-3H3,(H,15,17,19). The van der Waals surface area contributed by atoms with Crippen molar-refractivity contribution < 1.29 is 4.79 Å². The van der Waals surface area contributed by atoms with E-state index in [1.165, 1.54) is 11.3 Å². The monoisotopic (exact) mass is 294 g/mol. The molecular formula is C14H22N4OS. The van der Waals surface area contributed by atoms with E-state index in [1.807, 2.05) is 0 Å². The molecule has 1 N–H and O–H groups in total. The molecule has 0 radical (unpaired) electrons. The summed E-state index contributed by atoms with van der Waals surface area (Å²) in [4.78, 5) is 14.2. The van der Waals surface area contributed by atoms with Gasteiger partial charge in [-0.05, 0) is 12.3 Å². The van der Waals surface area contributed by atoms with Crippen LogP contribution in [-0.2, 0) is 11.2 Å². The van der Waals surface area contributed by atoms with Crippen molar-refractivity contribution >= 4 is 22.4 Å².